The summed E-state index contributed by atoms with van der Waals surface area (Å²) < 4.78 is 23.6. The van der Waals surface area contributed by atoms with Crippen molar-refractivity contribution in [1.82, 2.24) is 4.72 Å². The summed E-state index contributed by atoms with van der Waals surface area (Å²) in [5, 5.41) is 0. The number of rotatable bonds is 5. The predicted octanol–water partition coefficient (Wildman–Crippen LogP) is 0.353. The summed E-state index contributed by atoms with van der Waals surface area (Å²) in [4.78, 5) is 11.0. The van der Waals surface area contributed by atoms with Crippen LogP contribution in [-0.4, -0.2) is 14.3 Å². The molecule has 1 aromatic rings. The lowest BCUT2D eigenvalue weighted by Crippen LogP contribution is -2.19. The zero-order valence-corrected chi connectivity index (χ0v) is 9.74. The third-order valence-corrected chi connectivity index (χ3v) is 2.77. The lowest BCUT2D eigenvalue weighted by molar-refractivity contribution is 0.1000. The molecule has 0 aliphatic carbocycles. The topological polar surface area (TPSA) is 89.3 Å². The third-order valence-electron chi connectivity index (χ3n) is 2.24. The minimum Gasteiger partial charge on any atom is -0.366 e. The van der Waals surface area contributed by atoms with Gasteiger partial charge >= 0.3 is 0 Å². The van der Waals surface area contributed by atoms with Gasteiger partial charge in [-0.3, -0.25) is 4.79 Å². The second-order valence-electron chi connectivity index (χ2n) is 3.34. The number of nitrogens with one attached hydrogen (secondary N) is 1. The van der Waals surface area contributed by atoms with Crippen molar-refractivity contribution in [3.05, 3.63) is 35.4 Å². The van der Waals surface area contributed by atoms with Crippen molar-refractivity contribution in [3.63, 3.8) is 0 Å². The number of hydrogen-bond donors (Lipinski definition) is 3. The van der Waals surface area contributed by atoms with E-state index >= 15 is 0 Å². The van der Waals surface area contributed by atoms with Gasteiger partial charge in [-0.25, -0.2) is 13.1 Å². The van der Waals surface area contributed by atoms with Gasteiger partial charge in [-0.1, -0.05) is 19.1 Å². The first-order valence-electron chi connectivity index (χ1n) is 4.85. The van der Waals surface area contributed by atoms with Crippen LogP contribution in [0.1, 0.15) is 35.3 Å². The van der Waals surface area contributed by atoms with Gasteiger partial charge in [0.05, 0.1) is 0 Å². The molecule has 16 heavy (non-hydrogen) atoms. The minimum absolute atomic E-state index is 0.319. The molecule has 1 atom stereocenters. The highest BCUT2D eigenvalue weighted by molar-refractivity contribution is 7.70. The number of primary amides is 1. The first kappa shape index (κ1) is 12.7. The molecule has 0 spiro atoms. The summed E-state index contributed by atoms with van der Waals surface area (Å²) in [7, 11) is -2.66. The number of hydrogen-bond acceptors (Lipinski definition) is 3. The van der Waals surface area contributed by atoms with E-state index in [1.165, 1.54) is 0 Å². The van der Waals surface area contributed by atoms with Crippen molar-refractivity contribution in [2.24, 2.45) is 5.73 Å². The fraction of sp³-hybridized carbons (Fsp3) is 0.300. The number of thiol groups is 1. The molecule has 0 fully saturated rings. The van der Waals surface area contributed by atoms with Crippen molar-refractivity contribution in [2.75, 3.05) is 0 Å². The number of amides is 1. The molecule has 0 radical (unpaired) electrons. The van der Waals surface area contributed by atoms with Gasteiger partial charge in [-0.2, -0.15) is 0 Å². The Hall–Kier alpha value is -1.40. The fourth-order valence-electron chi connectivity index (χ4n) is 1.44. The zero-order valence-electron chi connectivity index (χ0n) is 8.84. The molecule has 0 bridgehead atoms. The molecular formula is C10H14N2O3S. The van der Waals surface area contributed by atoms with Gasteiger partial charge in [0.2, 0.25) is 16.8 Å². The molecule has 0 saturated heterocycles. The van der Waals surface area contributed by atoms with Crippen LogP contribution in [0.2, 0.25) is 0 Å². The van der Waals surface area contributed by atoms with Gasteiger partial charge in [0.1, 0.15) is 0 Å². The summed E-state index contributed by atoms with van der Waals surface area (Å²) in [6.45, 7) is 1.85. The van der Waals surface area contributed by atoms with E-state index in [2.05, 4.69) is 4.72 Å². The molecule has 88 valence electrons. The average molecular weight is 242 g/mol. The highest BCUT2D eigenvalue weighted by Gasteiger charge is 2.11. The summed E-state index contributed by atoms with van der Waals surface area (Å²) in [5.74, 6) is -0.525. The fourth-order valence-corrected chi connectivity index (χ4v) is 2.02. The van der Waals surface area contributed by atoms with Gasteiger partial charge in [0.15, 0.2) is 0 Å². The Balaban J connectivity index is 3.00. The highest BCUT2D eigenvalue weighted by Crippen LogP contribution is 2.17. The molecule has 1 amide bonds. The average Bonchev–Trinajstić information content (AvgIpc) is 2.25. The second kappa shape index (κ2) is 5.62. The number of nitrogens with two attached hydrogens (primary N) is 1. The predicted molar refractivity (Wildman–Crippen MR) is 61.4 cm³/mol. The number of benzene rings is 1. The molecule has 0 aliphatic heterocycles. The molecule has 3 N–H and O–H groups in total. The lowest BCUT2D eigenvalue weighted by atomic mass is 10.0. The monoisotopic (exact) mass is 242 g/mol. The molecule has 1 aromatic carbocycles. The van der Waals surface area contributed by atoms with Gasteiger partial charge in [0, 0.05) is 11.6 Å². The van der Waals surface area contributed by atoms with Crippen LogP contribution in [-0.2, 0) is 10.9 Å². The van der Waals surface area contributed by atoms with Crippen molar-refractivity contribution >= 4 is 16.8 Å². The summed E-state index contributed by atoms with van der Waals surface area (Å²) in [6.07, 6.45) is 0.603. The van der Waals surface area contributed by atoms with Crippen LogP contribution in [0.5, 0.6) is 0 Å². The van der Waals surface area contributed by atoms with Gasteiger partial charge < -0.3 is 5.73 Å². The van der Waals surface area contributed by atoms with E-state index in [1.807, 2.05) is 6.92 Å². The summed E-state index contributed by atoms with van der Waals surface area (Å²) in [5.41, 5.74) is 6.25. The minimum atomic E-state index is -2.66. The van der Waals surface area contributed by atoms with E-state index < -0.39 is 16.8 Å². The maximum absolute atomic E-state index is 11.0. The smallest absolute Gasteiger partial charge is 0.248 e. The molecule has 0 heterocycles. The Labute approximate surface area is 95.7 Å². The Kier molecular flexibility index (Phi) is 4.45. The molecular weight excluding hydrogens is 228 g/mol. The zero-order chi connectivity index (χ0) is 12.1. The summed E-state index contributed by atoms with van der Waals surface area (Å²) >= 11 is 0. The van der Waals surface area contributed by atoms with E-state index in [-0.39, 0.29) is 6.04 Å². The van der Waals surface area contributed by atoms with Crippen molar-refractivity contribution in [2.45, 2.75) is 19.4 Å². The van der Waals surface area contributed by atoms with Gasteiger partial charge in [-0.05, 0) is 24.1 Å². The van der Waals surface area contributed by atoms with Crippen LogP contribution >= 0.6 is 0 Å². The van der Waals surface area contributed by atoms with Crippen LogP contribution in [0.25, 0.3) is 0 Å². The van der Waals surface area contributed by atoms with Crippen LogP contribution in [0, 0.1) is 0 Å². The van der Waals surface area contributed by atoms with Gasteiger partial charge in [0.25, 0.3) is 0 Å². The van der Waals surface area contributed by atoms with Crippen LogP contribution in [0.3, 0.4) is 0 Å². The quantitative estimate of drug-likeness (QED) is 0.651. The highest BCUT2D eigenvalue weighted by atomic mass is 32.2. The number of carbonyl (C=O) groups excluding carboxylic acids is 1. The molecule has 6 heteroatoms. The maximum Gasteiger partial charge on any atom is 0.248 e. The van der Waals surface area contributed by atoms with Crippen LogP contribution in [0.4, 0.5) is 0 Å². The van der Waals surface area contributed by atoms with E-state index in [0.29, 0.717) is 12.0 Å². The first-order chi connectivity index (χ1) is 7.54. The van der Waals surface area contributed by atoms with Gasteiger partial charge in [-0.15, -0.1) is 0 Å². The second-order valence-corrected chi connectivity index (χ2v) is 4.11. The molecule has 5 nitrogen and oxygen atoms in total. The molecule has 0 aliphatic rings. The largest absolute Gasteiger partial charge is 0.366 e. The Morgan fingerprint density at radius 3 is 2.69 bits per heavy atom. The molecule has 0 saturated carbocycles. The third kappa shape index (κ3) is 3.32. The molecule has 1 rings (SSSR count). The van der Waals surface area contributed by atoms with Crippen LogP contribution in [0.15, 0.2) is 24.3 Å². The Morgan fingerprint density at radius 2 is 2.19 bits per heavy atom. The van der Waals surface area contributed by atoms with E-state index in [9.17, 15) is 13.2 Å². The Morgan fingerprint density at radius 1 is 1.50 bits per heavy atom. The van der Waals surface area contributed by atoms with Crippen molar-refractivity contribution in [1.29, 1.82) is 0 Å². The standard InChI is InChI=1S/C10H14N2O3S/c1-2-9(12-16(14)15)7-4-3-5-8(6-7)10(11)13/h3-6,9,16H,2H2,1H3,(H2,11,13)(H,12,14,15). The SMILES string of the molecule is CCC(N[SH](=O)=O)c1cccc(C(N)=O)c1. The lowest BCUT2D eigenvalue weighted by Gasteiger charge is -2.13. The molecule has 1 unspecified atom stereocenters. The van der Waals surface area contributed by atoms with Crippen molar-refractivity contribution < 1.29 is 13.2 Å². The Bertz CT molecular complexity index is 449. The summed E-state index contributed by atoms with van der Waals surface area (Å²) in [6, 6.07) is 6.31. The van der Waals surface area contributed by atoms with E-state index in [1.54, 1.807) is 24.3 Å². The first-order valence-corrected chi connectivity index (χ1v) is 6.02. The van der Waals surface area contributed by atoms with Crippen LogP contribution < -0.4 is 10.5 Å². The van der Waals surface area contributed by atoms with E-state index in [4.69, 9.17) is 5.73 Å². The molecule has 0 aromatic heterocycles. The normalized spacial score (nSPS) is 12.6. The van der Waals surface area contributed by atoms with Crippen molar-refractivity contribution in [3.8, 4) is 0 Å². The number of carbonyl (C=O) groups is 1. The maximum atomic E-state index is 11.0. The van der Waals surface area contributed by atoms with E-state index in [0.717, 1.165) is 5.56 Å².